The van der Waals surface area contributed by atoms with Crippen molar-refractivity contribution in [2.75, 3.05) is 0 Å². The van der Waals surface area contributed by atoms with E-state index in [0.29, 0.717) is 0 Å². The molecule has 0 aromatic heterocycles. The van der Waals surface area contributed by atoms with Gasteiger partial charge in [0.05, 0.1) is 5.54 Å². The molecule has 0 unspecified atom stereocenters. The Hall–Kier alpha value is -1.15. The van der Waals surface area contributed by atoms with Gasteiger partial charge in [-0.1, -0.05) is 30.7 Å². The molecule has 0 saturated heterocycles. The first kappa shape index (κ1) is 10.0. The summed E-state index contributed by atoms with van der Waals surface area (Å²) in [5.74, 6) is 0.851. The van der Waals surface area contributed by atoms with Crippen LogP contribution in [0.5, 0.6) is 0 Å². The van der Waals surface area contributed by atoms with Gasteiger partial charge in [-0.25, -0.2) is 0 Å². The lowest BCUT2D eigenvalue weighted by molar-refractivity contribution is 0.0949. The minimum Gasteiger partial charge on any atom is -0.319 e. The van der Waals surface area contributed by atoms with Gasteiger partial charge >= 0.3 is 0 Å². The summed E-state index contributed by atoms with van der Waals surface area (Å²) in [7, 11) is 0. The fraction of sp³-hybridized carbons (Fsp3) is 0.500. The van der Waals surface area contributed by atoms with E-state index in [-0.39, 0.29) is 5.78 Å². The standard InChI is InChI=1S/C14H17NO/c15-14(8-9-14)13(16)12-6-4-11(5-7-12)10-2-1-3-10/h4-7,10H,1-3,8-9,15H2. The minimum atomic E-state index is -0.530. The van der Waals surface area contributed by atoms with Crippen molar-refractivity contribution in [2.45, 2.75) is 43.6 Å². The highest BCUT2D eigenvalue weighted by atomic mass is 16.1. The Kier molecular flexibility index (Phi) is 2.15. The maximum absolute atomic E-state index is 12.0. The predicted octanol–water partition coefficient (Wildman–Crippen LogP) is 2.63. The molecule has 0 amide bonds. The number of benzene rings is 1. The fourth-order valence-electron chi connectivity index (χ4n) is 2.30. The highest BCUT2D eigenvalue weighted by Gasteiger charge is 2.45. The van der Waals surface area contributed by atoms with E-state index < -0.39 is 5.54 Å². The van der Waals surface area contributed by atoms with E-state index in [1.807, 2.05) is 12.1 Å². The Morgan fingerprint density at radius 1 is 1.19 bits per heavy atom. The van der Waals surface area contributed by atoms with Crippen molar-refractivity contribution in [3.63, 3.8) is 0 Å². The molecule has 1 aromatic rings. The first-order valence-electron chi connectivity index (χ1n) is 6.13. The number of nitrogens with two attached hydrogens (primary N) is 1. The molecule has 0 atom stereocenters. The van der Waals surface area contributed by atoms with Crippen molar-refractivity contribution in [3.05, 3.63) is 35.4 Å². The van der Waals surface area contributed by atoms with E-state index in [2.05, 4.69) is 12.1 Å². The molecule has 2 heteroatoms. The van der Waals surface area contributed by atoms with Crippen molar-refractivity contribution in [2.24, 2.45) is 5.73 Å². The monoisotopic (exact) mass is 215 g/mol. The number of rotatable bonds is 3. The van der Waals surface area contributed by atoms with Crippen LogP contribution >= 0.6 is 0 Å². The van der Waals surface area contributed by atoms with Crippen molar-refractivity contribution in [3.8, 4) is 0 Å². The van der Waals surface area contributed by atoms with Gasteiger partial charge in [-0.3, -0.25) is 4.79 Å². The third kappa shape index (κ3) is 1.57. The molecule has 2 aliphatic carbocycles. The third-order valence-corrected chi connectivity index (χ3v) is 3.99. The van der Waals surface area contributed by atoms with Crippen molar-refractivity contribution < 1.29 is 4.79 Å². The summed E-state index contributed by atoms with van der Waals surface area (Å²) in [5.41, 5.74) is 7.54. The molecule has 0 heterocycles. The Morgan fingerprint density at radius 3 is 2.25 bits per heavy atom. The van der Waals surface area contributed by atoms with Crippen LogP contribution in [0.3, 0.4) is 0 Å². The molecule has 0 aliphatic heterocycles. The first-order valence-corrected chi connectivity index (χ1v) is 6.13. The molecule has 1 aromatic carbocycles. The average molecular weight is 215 g/mol. The quantitative estimate of drug-likeness (QED) is 0.788. The van der Waals surface area contributed by atoms with Crippen molar-refractivity contribution in [1.29, 1.82) is 0 Å². The molecule has 2 N–H and O–H groups in total. The summed E-state index contributed by atoms with van der Waals surface area (Å²) in [6.07, 6.45) is 5.63. The number of carbonyl (C=O) groups is 1. The number of hydrogen-bond donors (Lipinski definition) is 1. The van der Waals surface area contributed by atoms with Gasteiger partial charge in [0.25, 0.3) is 0 Å². The summed E-state index contributed by atoms with van der Waals surface area (Å²) in [5, 5.41) is 0. The Morgan fingerprint density at radius 2 is 1.81 bits per heavy atom. The van der Waals surface area contributed by atoms with E-state index in [0.717, 1.165) is 24.3 Å². The maximum atomic E-state index is 12.0. The van der Waals surface area contributed by atoms with Crippen LogP contribution in [-0.2, 0) is 0 Å². The molecule has 0 spiro atoms. The molecule has 84 valence electrons. The zero-order valence-electron chi connectivity index (χ0n) is 9.41. The summed E-state index contributed by atoms with van der Waals surface area (Å²) in [6, 6.07) is 8.09. The summed E-state index contributed by atoms with van der Waals surface area (Å²) in [4.78, 5) is 12.0. The zero-order chi connectivity index (χ0) is 11.2. The van der Waals surface area contributed by atoms with Crippen LogP contribution in [0.15, 0.2) is 24.3 Å². The summed E-state index contributed by atoms with van der Waals surface area (Å²) < 4.78 is 0. The van der Waals surface area contributed by atoms with Gasteiger partial charge in [0.15, 0.2) is 5.78 Å². The smallest absolute Gasteiger partial charge is 0.182 e. The lowest BCUT2D eigenvalue weighted by atomic mass is 9.80. The topological polar surface area (TPSA) is 43.1 Å². The zero-order valence-corrected chi connectivity index (χ0v) is 9.41. The molecular formula is C14H17NO. The summed E-state index contributed by atoms with van der Waals surface area (Å²) >= 11 is 0. The van der Waals surface area contributed by atoms with Crippen LogP contribution in [0.25, 0.3) is 0 Å². The fourth-order valence-corrected chi connectivity index (χ4v) is 2.30. The largest absolute Gasteiger partial charge is 0.319 e. The SMILES string of the molecule is NC1(C(=O)c2ccc(C3CCC3)cc2)CC1. The number of ketones is 1. The van der Waals surface area contributed by atoms with Crippen molar-refractivity contribution >= 4 is 5.78 Å². The lowest BCUT2D eigenvalue weighted by Crippen LogP contribution is -2.32. The second kappa shape index (κ2) is 3.42. The van der Waals surface area contributed by atoms with Crippen LogP contribution in [0.2, 0.25) is 0 Å². The molecule has 0 radical (unpaired) electrons. The van der Waals surface area contributed by atoms with E-state index in [9.17, 15) is 4.79 Å². The second-order valence-corrected chi connectivity index (χ2v) is 5.24. The molecular weight excluding hydrogens is 198 g/mol. The van der Waals surface area contributed by atoms with Gasteiger partial charge in [0.2, 0.25) is 0 Å². The summed E-state index contributed by atoms with van der Waals surface area (Å²) in [6.45, 7) is 0. The van der Waals surface area contributed by atoms with Gasteiger partial charge in [-0.05, 0) is 37.2 Å². The highest BCUT2D eigenvalue weighted by molar-refractivity contribution is 6.05. The van der Waals surface area contributed by atoms with Crippen molar-refractivity contribution in [1.82, 2.24) is 0 Å². The normalized spacial score (nSPS) is 22.6. The number of hydrogen-bond acceptors (Lipinski definition) is 2. The van der Waals surface area contributed by atoms with Gasteiger partial charge in [0.1, 0.15) is 0 Å². The first-order chi connectivity index (χ1) is 7.69. The molecule has 2 saturated carbocycles. The Balaban J connectivity index is 1.79. The maximum Gasteiger partial charge on any atom is 0.182 e. The van der Waals surface area contributed by atoms with E-state index in [1.54, 1.807) is 0 Å². The molecule has 3 rings (SSSR count). The molecule has 0 bridgehead atoms. The van der Waals surface area contributed by atoms with E-state index >= 15 is 0 Å². The molecule has 2 fully saturated rings. The van der Waals surface area contributed by atoms with Gasteiger partial charge < -0.3 is 5.73 Å². The predicted molar refractivity (Wildman–Crippen MR) is 63.5 cm³/mol. The highest BCUT2D eigenvalue weighted by Crippen LogP contribution is 2.38. The number of carbonyl (C=O) groups excluding carboxylic acids is 1. The van der Waals surface area contributed by atoms with Gasteiger partial charge in [-0.2, -0.15) is 0 Å². The number of Topliss-reactive ketones (excluding diaryl/α,β-unsaturated/α-hetero) is 1. The Labute approximate surface area is 95.8 Å². The van der Waals surface area contributed by atoms with Crippen LogP contribution < -0.4 is 5.73 Å². The molecule has 16 heavy (non-hydrogen) atoms. The van der Waals surface area contributed by atoms with E-state index in [4.69, 9.17) is 5.73 Å². The van der Waals surface area contributed by atoms with Crippen LogP contribution in [0.1, 0.15) is 53.9 Å². The second-order valence-electron chi connectivity index (χ2n) is 5.24. The average Bonchev–Trinajstić information content (AvgIpc) is 2.96. The Bertz CT molecular complexity index is 413. The van der Waals surface area contributed by atoms with Gasteiger partial charge in [-0.15, -0.1) is 0 Å². The lowest BCUT2D eigenvalue weighted by Gasteiger charge is -2.25. The third-order valence-electron chi connectivity index (χ3n) is 3.99. The van der Waals surface area contributed by atoms with Gasteiger partial charge in [0, 0.05) is 5.56 Å². The molecule has 2 aliphatic rings. The minimum absolute atomic E-state index is 0.118. The van der Waals surface area contributed by atoms with Crippen LogP contribution in [-0.4, -0.2) is 11.3 Å². The van der Waals surface area contributed by atoms with Crippen LogP contribution in [0.4, 0.5) is 0 Å². The van der Waals surface area contributed by atoms with Crippen LogP contribution in [0, 0.1) is 0 Å². The molecule has 2 nitrogen and oxygen atoms in total. The van der Waals surface area contributed by atoms with E-state index in [1.165, 1.54) is 24.8 Å².